The molecule has 3 unspecified atom stereocenters. The molecule has 2 saturated heterocycles. The highest BCUT2D eigenvalue weighted by Crippen LogP contribution is 2.53. The van der Waals surface area contributed by atoms with E-state index in [0.29, 0.717) is 0 Å². The maximum Gasteiger partial charge on any atom is 0.410 e. The van der Waals surface area contributed by atoms with Gasteiger partial charge in [-0.3, -0.25) is 4.90 Å². The quantitative estimate of drug-likeness (QED) is 0.484. The summed E-state index contributed by atoms with van der Waals surface area (Å²) in [5.74, 6) is -8.72. The minimum atomic E-state index is -4.41. The fraction of sp³-hybridized carbons (Fsp3) is 0.542. The summed E-state index contributed by atoms with van der Waals surface area (Å²) in [6, 6.07) is 3.46. The first-order valence-electron chi connectivity index (χ1n) is 12.2. The van der Waals surface area contributed by atoms with Crippen LogP contribution in [0.25, 0.3) is 0 Å². The predicted molar refractivity (Wildman–Crippen MR) is 131 cm³/mol. The Balaban J connectivity index is 0.00000124. The SMILES string of the molecule is COc1c(Nc2ccc(C)cc2F)ncnc1OC1CC2COCC(C1)N2C(=O)OC1CC(F)(F)C1(F)F.O=S=O. The predicted octanol–water partition coefficient (Wildman–Crippen LogP) is 3.80. The second-order valence-electron chi connectivity index (χ2n) is 9.60. The average molecular weight is 609 g/mol. The van der Waals surface area contributed by atoms with Gasteiger partial charge in [0.25, 0.3) is 5.88 Å². The number of alkyl halides is 4. The molecule has 11 nitrogen and oxygen atoms in total. The molecule has 224 valence electrons. The number of nitrogens with zero attached hydrogens (tertiary/aromatic N) is 3. The lowest BCUT2D eigenvalue weighted by molar-refractivity contribution is -0.331. The van der Waals surface area contributed by atoms with Gasteiger partial charge in [-0.2, -0.15) is 31.0 Å². The Hall–Kier alpha value is -3.60. The van der Waals surface area contributed by atoms with E-state index in [2.05, 4.69) is 15.3 Å². The maximum absolute atomic E-state index is 14.4. The molecule has 3 heterocycles. The van der Waals surface area contributed by atoms with Gasteiger partial charge >= 0.3 is 29.5 Å². The number of carbonyl (C=O) groups is 1. The molecule has 3 atom stereocenters. The third-order valence-corrected chi connectivity index (χ3v) is 6.90. The van der Waals surface area contributed by atoms with Crippen LogP contribution in [-0.2, 0) is 21.0 Å². The molecule has 0 spiro atoms. The zero-order valence-corrected chi connectivity index (χ0v) is 22.5. The number of aryl methyl sites for hydroxylation is 1. The minimum absolute atomic E-state index is 0.0777. The Bertz CT molecular complexity index is 1300. The van der Waals surface area contributed by atoms with Crippen molar-refractivity contribution in [1.82, 2.24) is 14.9 Å². The Morgan fingerprint density at radius 2 is 1.80 bits per heavy atom. The van der Waals surface area contributed by atoms with E-state index in [1.807, 2.05) is 0 Å². The van der Waals surface area contributed by atoms with Crippen molar-refractivity contribution >= 4 is 29.2 Å². The summed E-state index contributed by atoms with van der Waals surface area (Å²) in [5, 5.41) is 2.86. The highest BCUT2D eigenvalue weighted by Gasteiger charge is 2.74. The van der Waals surface area contributed by atoms with Crippen LogP contribution in [0.5, 0.6) is 11.6 Å². The lowest BCUT2D eigenvalue weighted by Gasteiger charge is -2.49. The summed E-state index contributed by atoms with van der Waals surface area (Å²) in [4.78, 5) is 22.2. The summed E-state index contributed by atoms with van der Waals surface area (Å²) < 4.78 is 106. The Kier molecular flexibility index (Phi) is 8.96. The van der Waals surface area contributed by atoms with Gasteiger partial charge in [-0.15, -0.1) is 0 Å². The number of fused-ring (bicyclic) bond motifs is 2. The molecule has 1 amide bonds. The number of rotatable bonds is 6. The molecule has 1 aromatic heterocycles. The molecule has 1 aromatic carbocycles. The van der Waals surface area contributed by atoms with Crippen LogP contribution >= 0.6 is 0 Å². The molecule has 3 aliphatic rings. The third kappa shape index (κ3) is 6.19. The van der Waals surface area contributed by atoms with Gasteiger partial charge in [-0.05, 0) is 24.6 Å². The maximum atomic E-state index is 14.4. The van der Waals surface area contributed by atoms with Crippen LogP contribution in [0.4, 0.5) is 38.3 Å². The molecule has 17 heteroatoms. The highest BCUT2D eigenvalue weighted by atomic mass is 32.1. The summed E-state index contributed by atoms with van der Waals surface area (Å²) in [7, 11) is 1.38. The van der Waals surface area contributed by atoms with E-state index in [9.17, 15) is 26.7 Å². The molecule has 2 aromatic rings. The van der Waals surface area contributed by atoms with Crippen molar-refractivity contribution in [3.63, 3.8) is 0 Å². The molecular formula is C24H25F5N4O7S. The summed E-state index contributed by atoms with van der Waals surface area (Å²) in [6.07, 6.45) is -3.31. The number of methoxy groups -OCH3 is 1. The van der Waals surface area contributed by atoms with E-state index >= 15 is 0 Å². The fourth-order valence-corrected chi connectivity index (χ4v) is 4.88. The molecule has 2 aliphatic heterocycles. The molecule has 41 heavy (non-hydrogen) atoms. The number of hydrogen-bond acceptors (Lipinski definition) is 10. The lowest BCUT2D eigenvalue weighted by Crippen LogP contribution is -2.66. The lowest BCUT2D eigenvalue weighted by atomic mass is 9.85. The molecule has 2 bridgehead atoms. The van der Waals surface area contributed by atoms with Gasteiger partial charge in [0, 0.05) is 12.8 Å². The second kappa shape index (κ2) is 12.1. The van der Waals surface area contributed by atoms with Gasteiger partial charge < -0.3 is 24.3 Å². The zero-order chi connectivity index (χ0) is 29.9. The summed E-state index contributed by atoms with van der Waals surface area (Å²) in [5.41, 5.74) is 0.919. The van der Waals surface area contributed by atoms with Crippen LogP contribution in [0.3, 0.4) is 0 Å². The van der Waals surface area contributed by atoms with Crippen LogP contribution in [0.1, 0.15) is 24.8 Å². The number of aromatic nitrogens is 2. The average Bonchev–Trinajstić information content (AvgIpc) is 2.90. The van der Waals surface area contributed by atoms with Crippen LogP contribution in [0.15, 0.2) is 24.5 Å². The number of carbonyl (C=O) groups excluding carboxylic acids is 1. The number of nitrogens with one attached hydrogen (secondary N) is 1. The van der Waals surface area contributed by atoms with Crippen molar-refractivity contribution in [2.75, 3.05) is 25.6 Å². The molecular weight excluding hydrogens is 583 g/mol. The van der Waals surface area contributed by atoms with Crippen molar-refractivity contribution in [1.29, 1.82) is 0 Å². The van der Waals surface area contributed by atoms with E-state index in [0.717, 1.165) is 5.56 Å². The van der Waals surface area contributed by atoms with E-state index in [1.54, 1.807) is 19.1 Å². The zero-order valence-electron chi connectivity index (χ0n) is 21.7. The van der Waals surface area contributed by atoms with Gasteiger partial charge in [0.05, 0.1) is 44.5 Å². The van der Waals surface area contributed by atoms with E-state index in [1.165, 1.54) is 24.4 Å². The van der Waals surface area contributed by atoms with Crippen LogP contribution in [0.2, 0.25) is 0 Å². The number of amides is 1. The van der Waals surface area contributed by atoms with Crippen LogP contribution in [-0.4, -0.2) is 85.8 Å². The van der Waals surface area contributed by atoms with E-state index in [4.69, 9.17) is 27.4 Å². The molecule has 3 fully saturated rings. The first-order chi connectivity index (χ1) is 19.4. The van der Waals surface area contributed by atoms with Gasteiger partial charge in [0.1, 0.15) is 18.2 Å². The number of morpholine rings is 1. The van der Waals surface area contributed by atoms with Crippen molar-refractivity contribution in [3.8, 4) is 11.6 Å². The Labute approximate surface area is 233 Å². The summed E-state index contributed by atoms with van der Waals surface area (Å²) >= 11 is -0.750. The van der Waals surface area contributed by atoms with Gasteiger partial charge in [0.15, 0.2) is 11.9 Å². The van der Waals surface area contributed by atoms with Gasteiger partial charge in [0.2, 0.25) is 5.75 Å². The number of benzene rings is 1. The van der Waals surface area contributed by atoms with Gasteiger partial charge in [-0.25, -0.2) is 14.2 Å². The Morgan fingerprint density at radius 1 is 1.15 bits per heavy atom. The van der Waals surface area contributed by atoms with Crippen molar-refractivity contribution < 1.29 is 54.1 Å². The standard InChI is InChI=1S/C24H25F5N4O5.O2S/c1-12-3-4-17(16(25)5-12)32-20-19(35-2)21(31-11-30-20)37-15-6-13-9-36-10-14(7-15)33(13)22(34)38-18-8-23(26,27)24(18,28)29;1-3-2/h3-5,11,13-15,18H,6-10H2,1-2H3,(H,30,31,32);. The van der Waals surface area contributed by atoms with Crippen molar-refractivity contribution in [3.05, 3.63) is 35.9 Å². The smallest absolute Gasteiger partial charge is 0.410 e. The third-order valence-electron chi connectivity index (χ3n) is 6.90. The number of anilines is 2. The first kappa shape index (κ1) is 30.4. The number of piperidine rings is 1. The molecule has 5 rings (SSSR count). The van der Waals surface area contributed by atoms with Crippen LogP contribution in [0, 0.1) is 12.7 Å². The number of halogens is 5. The molecule has 0 radical (unpaired) electrons. The van der Waals surface area contributed by atoms with Crippen molar-refractivity contribution in [2.45, 2.75) is 62.3 Å². The highest BCUT2D eigenvalue weighted by molar-refractivity contribution is 7.51. The minimum Gasteiger partial charge on any atom is -0.489 e. The first-order valence-corrected chi connectivity index (χ1v) is 12.9. The normalized spacial score (nSPS) is 25.5. The molecule has 1 aliphatic carbocycles. The fourth-order valence-electron chi connectivity index (χ4n) is 4.88. The molecule has 1 saturated carbocycles. The monoisotopic (exact) mass is 608 g/mol. The number of hydrogen-bond donors (Lipinski definition) is 1. The van der Waals surface area contributed by atoms with E-state index in [-0.39, 0.29) is 49.2 Å². The second-order valence-corrected chi connectivity index (χ2v) is 9.74. The molecule has 1 N–H and O–H groups in total. The van der Waals surface area contributed by atoms with Gasteiger partial charge in [-0.1, -0.05) is 6.07 Å². The van der Waals surface area contributed by atoms with Crippen molar-refractivity contribution in [2.24, 2.45) is 0 Å². The summed E-state index contributed by atoms with van der Waals surface area (Å²) in [6.45, 7) is 1.93. The largest absolute Gasteiger partial charge is 0.489 e. The van der Waals surface area contributed by atoms with E-state index < -0.39 is 66.0 Å². The van der Waals surface area contributed by atoms with Crippen LogP contribution < -0.4 is 14.8 Å². The Morgan fingerprint density at radius 3 is 2.37 bits per heavy atom. The topological polar surface area (TPSA) is 129 Å². The number of ether oxygens (including phenoxy) is 4.